The molecule has 0 atom stereocenters. The molecule has 0 aliphatic heterocycles. The van der Waals surface area contributed by atoms with E-state index in [1.54, 1.807) is 24.3 Å². The van der Waals surface area contributed by atoms with Crippen LogP contribution < -0.4 is 0 Å². The van der Waals surface area contributed by atoms with Crippen LogP contribution in [0.5, 0.6) is 11.5 Å². The predicted octanol–water partition coefficient (Wildman–Crippen LogP) is 7.08. The third-order valence-electron chi connectivity index (χ3n) is 6.22. The number of aromatic hydroxyl groups is 2. The van der Waals surface area contributed by atoms with Gasteiger partial charge in [0.25, 0.3) is 0 Å². The Balaban J connectivity index is 1.63. The monoisotopic (exact) mass is 490 g/mol. The van der Waals surface area contributed by atoms with Crippen molar-refractivity contribution in [3.05, 3.63) is 166 Å². The standard InChI is InChI=1S/C36H26O2/c37-35-19-13-29(14-20-35)23-33-26-32(18-12-28-9-5-2-6-10-28)34(24-30-15-21-36(38)22-16-30)25-31(33)17-11-27-7-3-1-4-8-27/h1-10,13-16,19-22,25-26,37-38H,23-24H2. The number of phenolic OH excluding ortho intramolecular Hbond substituents is 2. The first-order valence-electron chi connectivity index (χ1n) is 12.5. The van der Waals surface area contributed by atoms with Gasteiger partial charge in [0, 0.05) is 22.3 Å². The third-order valence-corrected chi connectivity index (χ3v) is 6.22. The van der Waals surface area contributed by atoms with Gasteiger partial charge in [0.15, 0.2) is 0 Å². The number of rotatable bonds is 4. The molecule has 0 fully saturated rings. The van der Waals surface area contributed by atoms with Crippen LogP contribution in [0.2, 0.25) is 0 Å². The Labute approximate surface area is 223 Å². The fourth-order valence-corrected chi connectivity index (χ4v) is 4.20. The molecular formula is C36H26O2. The minimum atomic E-state index is 0.247. The van der Waals surface area contributed by atoms with E-state index < -0.39 is 0 Å². The second-order valence-corrected chi connectivity index (χ2v) is 9.09. The quantitative estimate of drug-likeness (QED) is 0.264. The topological polar surface area (TPSA) is 40.5 Å². The highest BCUT2D eigenvalue weighted by Gasteiger charge is 2.11. The van der Waals surface area contributed by atoms with Crippen molar-refractivity contribution in [3.63, 3.8) is 0 Å². The van der Waals surface area contributed by atoms with E-state index in [-0.39, 0.29) is 11.5 Å². The summed E-state index contributed by atoms with van der Waals surface area (Å²) in [4.78, 5) is 0. The predicted molar refractivity (Wildman–Crippen MR) is 153 cm³/mol. The second kappa shape index (κ2) is 11.7. The van der Waals surface area contributed by atoms with Crippen molar-refractivity contribution in [2.75, 3.05) is 0 Å². The largest absolute Gasteiger partial charge is 0.508 e. The molecule has 0 heterocycles. The summed E-state index contributed by atoms with van der Waals surface area (Å²) in [5.41, 5.74) is 8.11. The van der Waals surface area contributed by atoms with E-state index >= 15 is 0 Å². The average Bonchev–Trinajstić information content (AvgIpc) is 2.95. The summed E-state index contributed by atoms with van der Waals surface area (Å²) in [6.45, 7) is 0. The van der Waals surface area contributed by atoms with E-state index in [9.17, 15) is 10.2 Å². The van der Waals surface area contributed by atoms with Crippen molar-refractivity contribution >= 4 is 0 Å². The molecule has 2 nitrogen and oxygen atoms in total. The van der Waals surface area contributed by atoms with Crippen LogP contribution in [0.25, 0.3) is 0 Å². The van der Waals surface area contributed by atoms with Crippen molar-refractivity contribution in [2.24, 2.45) is 0 Å². The van der Waals surface area contributed by atoms with Crippen LogP contribution in [-0.4, -0.2) is 10.2 Å². The zero-order chi connectivity index (χ0) is 26.2. The van der Waals surface area contributed by atoms with Crippen LogP contribution in [0.1, 0.15) is 44.5 Å². The summed E-state index contributed by atoms with van der Waals surface area (Å²) >= 11 is 0. The Kier molecular flexibility index (Phi) is 7.55. The Morgan fingerprint density at radius 3 is 1.16 bits per heavy atom. The Morgan fingerprint density at radius 1 is 0.421 bits per heavy atom. The second-order valence-electron chi connectivity index (χ2n) is 9.09. The summed E-state index contributed by atoms with van der Waals surface area (Å²) in [7, 11) is 0. The highest BCUT2D eigenvalue weighted by molar-refractivity contribution is 5.57. The number of benzene rings is 5. The van der Waals surface area contributed by atoms with Crippen molar-refractivity contribution in [1.82, 2.24) is 0 Å². The van der Waals surface area contributed by atoms with Gasteiger partial charge in [0.2, 0.25) is 0 Å². The maximum atomic E-state index is 9.75. The van der Waals surface area contributed by atoms with Crippen LogP contribution in [0.3, 0.4) is 0 Å². The molecule has 0 unspecified atom stereocenters. The van der Waals surface area contributed by atoms with E-state index in [1.165, 1.54) is 0 Å². The van der Waals surface area contributed by atoms with Crippen LogP contribution >= 0.6 is 0 Å². The highest BCUT2D eigenvalue weighted by atomic mass is 16.3. The lowest BCUT2D eigenvalue weighted by Gasteiger charge is -2.12. The summed E-state index contributed by atoms with van der Waals surface area (Å²) in [5.74, 6) is 13.9. The number of phenols is 2. The van der Waals surface area contributed by atoms with Crippen molar-refractivity contribution < 1.29 is 10.2 Å². The molecule has 5 rings (SSSR count). The van der Waals surface area contributed by atoms with E-state index in [0.717, 1.165) is 44.5 Å². The lowest BCUT2D eigenvalue weighted by Crippen LogP contribution is -2.00. The Morgan fingerprint density at radius 2 is 0.789 bits per heavy atom. The van der Waals surface area contributed by atoms with Crippen LogP contribution in [0.15, 0.2) is 121 Å². The fourth-order valence-electron chi connectivity index (χ4n) is 4.20. The van der Waals surface area contributed by atoms with Crippen LogP contribution in [0, 0.1) is 23.7 Å². The molecule has 5 aromatic rings. The zero-order valence-electron chi connectivity index (χ0n) is 20.9. The van der Waals surface area contributed by atoms with E-state index in [2.05, 4.69) is 35.8 Å². The molecule has 2 N–H and O–H groups in total. The third kappa shape index (κ3) is 6.52. The minimum Gasteiger partial charge on any atom is -0.508 e. The normalized spacial score (nSPS) is 10.1. The van der Waals surface area contributed by atoms with Gasteiger partial charge >= 0.3 is 0 Å². The van der Waals surface area contributed by atoms with Gasteiger partial charge < -0.3 is 10.2 Å². The smallest absolute Gasteiger partial charge is 0.115 e. The zero-order valence-corrected chi connectivity index (χ0v) is 20.9. The van der Waals surface area contributed by atoms with Crippen molar-refractivity contribution in [2.45, 2.75) is 12.8 Å². The first kappa shape index (κ1) is 24.5. The summed E-state index contributed by atoms with van der Waals surface area (Å²) in [6, 6.07) is 38.8. The maximum absolute atomic E-state index is 9.75. The summed E-state index contributed by atoms with van der Waals surface area (Å²) < 4.78 is 0. The Hall–Kier alpha value is -5.18. The summed E-state index contributed by atoms with van der Waals surface area (Å²) in [6.07, 6.45) is 1.33. The van der Waals surface area contributed by atoms with Gasteiger partial charge in [-0.25, -0.2) is 0 Å². The van der Waals surface area contributed by atoms with Gasteiger partial charge in [-0.3, -0.25) is 0 Å². The van der Waals surface area contributed by atoms with Gasteiger partial charge in [0.05, 0.1) is 0 Å². The van der Waals surface area contributed by atoms with E-state index in [0.29, 0.717) is 12.8 Å². The molecule has 0 saturated heterocycles. The van der Waals surface area contributed by atoms with Gasteiger partial charge in [-0.1, -0.05) is 84.3 Å². The highest BCUT2D eigenvalue weighted by Crippen LogP contribution is 2.24. The molecule has 38 heavy (non-hydrogen) atoms. The molecule has 182 valence electrons. The maximum Gasteiger partial charge on any atom is 0.115 e. The Bertz CT molecular complexity index is 1520. The fraction of sp³-hybridized carbons (Fsp3) is 0.0556. The van der Waals surface area contributed by atoms with Crippen molar-refractivity contribution in [3.8, 4) is 35.2 Å². The lowest BCUT2D eigenvalue weighted by atomic mass is 9.91. The average molecular weight is 491 g/mol. The molecule has 0 saturated carbocycles. The number of hydrogen-bond acceptors (Lipinski definition) is 2. The molecule has 0 aliphatic carbocycles. The lowest BCUT2D eigenvalue weighted by molar-refractivity contribution is 0.474. The van der Waals surface area contributed by atoms with E-state index in [4.69, 9.17) is 0 Å². The molecule has 0 spiro atoms. The molecule has 5 aromatic carbocycles. The van der Waals surface area contributed by atoms with Gasteiger partial charge in [-0.15, -0.1) is 0 Å². The van der Waals surface area contributed by atoms with E-state index in [1.807, 2.05) is 84.9 Å². The molecule has 0 bridgehead atoms. The first-order chi connectivity index (χ1) is 18.6. The molecule has 0 radical (unpaired) electrons. The molecule has 2 heteroatoms. The molecule has 0 amide bonds. The van der Waals surface area contributed by atoms with Crippen LogP contribution in [-0.2, 0) is 12.8 Å². The molecular weight excluding hydrogens is 464 g/mol. The van der Waals surface area contributed by atoms with Crippen LogP contribution in [0.4, 0.5) is 0 Å². The van der Waals surface area contributed by atoms with Gasteiger partial charge in [-0.05, 0) is 95.8 Å². The number of hydrogen-bond donors (Lipinski definition) is 2. The van der Waals surface area contributed by atoms with Crippen molar-refractivity contribution in [1.29, 1.82) is 0 Å². The minimum absolute atomic E-state index is 0.247. The van der Waals surface area contributed by atoms with Gasteiger partial charge in [0.1, 0.15) is 11.5 Å². The molecule has 0 aliphatic rings. The SMILES string of the molecule is Oc1ccc(Cc2cc(C#Cc3ccccc3)c(Cc3ccc(O)cc3)cc2C#Cc2ccccc2)cc1. The molecule has 0 aromatic heterocycles. The first-order valence-corrected chi connectivity index (χ1v) is 12.5. The van der Waals surface area contributed by atoms with Gasteiger partial charge in [-0.2, -0.15) is 0 Å². The summed E-state index contributed by atoms with van der Waals surface area (Å²) in [5, 5.41) is 19.5.